The third-order valence-corrected chi connectivity index (χ3v) is 4.12. The van der Waals surface area contributed by atoms with Crippen LogP contribution in [0.4, 0.5) is 0 Å². The second-order valence-corrected chi connectivity index (χ2v) is 5.12. The first-order chi connectivity index (χ1) is 8.19. The van der Waals surface area contributed by atoms with E-state index in [2.05, 4.69) is 23.9 Å². The quantitative estimate of drug-likeness (QED) is 0.873. The Morgan fingerprint density at radius 2 is 2.29 bits per heavy atom. The summed E-state index contributed by atoms with van der Waals surface area (Å²) in [7, 11) is 0. The van der Waals surface area contributed by atoms with Crippen molar-refractivity contribution in [2.75, 3.05) is 0 Å². The maximum atomic E-state index is 10.8. The van der Waals surface area contributed by atoms with Gasteiger partial charge in [-0.1, -0.05) is 26.2 Å². The van der Waals surface area contributed by atoms with Gasteiger partial charge in [0.15, 0.2) is 0 Å². The van der Waals surface area contributed by atoms with E-state index in [1.165, 1.54) is 6.42 Å². The van der Waals surface area contributed by atoms with Gasteiger partial charge in [-0.25, -0.2) is 4.98 Å². The SMILES string of the molecule is CCC1CCCCC1(O)Cc1ncnn1CC. The lowest BCUT2D eigenvalue weighted by Crippen LogP contribution is -2.43. The van der Waals surface area contributed by atoms with Crippen molar-refractivity contribution in [2.45, 2.75) is 64.5 Å². The van der Waals surface area contributed by atoms with Gasteiger partial charge in [0.05, 0.1) is 5.60 Å². The number of hydrogen-bond acceptors (Lipinski definition) is 3. The monoisotopic (exact) mass is 237 g/mol. The molecule has 1 fully saturated rings. The van der Waals surface area contributed by atoms with Gasteiger partial charge in [-0.05, 0) is 25.7 Å². The standard InChI is InChI=1S/C13H23N3O/c1-3-11-7-5-6-8-13(11,17)9-12-14-10-15-16(12)4-2/h10-11,17H,3-9H2,1-2H3. The van der Waals surface area contributed by atoms with E-state index in [-0.39, 0.29) is 0 Å². The summed E-state index contributed by atoms with van der Waals surface area (Å²) in [5.74, 6) is 1.34. The summed E-state index contributed by atoms with van der Waals surface area (Å²) in [5, 5.41) is 15.0. The van der Waals surface area contributed by atoms with Crippen molar-refractivity contribution >= 4 is 0 Å². The van der Waals surface area contributed by atoms with Crippen LogP contribution in [0.1, 0.15) is 51.8 Å². The van der Waals surface area contributed by atoms with Crippen LogP contribution in [0, 0.1) is 5.92 Å². The molecule has 1 saturated carbocycles. The molecule has 1 aromatic rings. The van der Waals surface area contributed by atoms with Crippen molar-refractivity contribution in [2.24, 2.45) is 5.92 Å². The minimum Gasteiger partial charge on any atom is -0.389 e. The molecule has 0 spiro atoms. The maximum absolute atomic E-state index is 10.8. The number of nitrogens with zero attached hydrogens (tertiary/aromatic N) is 3. The van der Waals surface area contributed by atoms with Crippen LogP contribution in [0.2, 0.25) is 0 Å². The van der Waals surface area contributed by atoms with Crippen LogP contribution in [0.3, 0.4) is 0 Å². The van der Waals surface area contributed by atoms with Crippen molar-refractivity contribution in [3.8, 4) is 0 Å². The molecule has 0 aliphatic heterocycles. The molecule has 1 aliphatic carbocycles. The molecular formula is C13H23N3O. The van der Waals surface area contributed by atoms with Crippen LogP contribution in [-0.2, 0) is 13.0 Å². The summed E-state index contributed by atoms with van der Waals surface area (Å²) in [6.45, 7) is 5.05. The summed E-state index contributed by atoms with van der Waals surface area (Å²) >= 11 is 0. The Morgan fingerprint density at radius 3 is 3.00 bits per heavy atom. The molecular weight excluding hydrogens is 214 g/mol. The number of aryl methyl sites for hydroxylation is 1. The van der Waals surface area contributed by atoms with E-state index >= 15 is 0 Å². The van der Waals surface area contributed by atoms with Crippen molar-refractivity contribution < 1.29 is 5.11 Å². The number of aromatic nitrogens is 3. The average Bonchev–Trinajstić information content (AvgIpc) is 2.76. The molecule has 1 heterocycles. The van der Waals surface area contributed by atoms with Crippen molar-refractivity contribution in [3.05, 3.63) is 12.2 Å². The van der Waals surface area contributed by atoms with Crippen LogP contribution >= 0.6 is 0 Å². The molecule has 2 rings (SSSR count). The zero-order valence-corrected chi connectivity index (χ0v) is 10.9. The lowest BCUT2D eigenvalue weighted by Gasteiger charge is -2.39. The molecule has 0 radical (unpaired) electrons. The third-order valence-electron chi connectivity index (χ3n) is 4.12. The van der Waals surface area contributed by atoms with Crippen molar-refractivity contribution in [1.29, 1.82) is 0 Å². The second-order valence-electron chi connectivity index (χ2n) is 5.12. The summed E-state index contributed by atoms with van der Waals surface area (Å²) in [5.41, 5.74) is -0.563. The summed E-state index contributed by atoms with van der Waals surface area (Å²) in [6, 6.07) is 0. The molecule has 2 atom stereocenters. The van der Waals surface area contributed by atoms with Gasteiger partial charge >= 0.3 is 0 Å². The zero-order chi connectivity index (χ0) is 12.3. The zero-order valence-electron chi connectivity index (χ0n) is 10.9. The van der Waals surface area contributed by atoms with Gasteiger partial charge in [0.2, 0.25) is 0 Å². The largest absolute Gasteiger partial charge is 0.389 e. The highest BCUT2D eigenvalue weighted by Gasteiger charge is 2.38. The number of aliphatic hydroxyl groups is 1. The molecule has 0 amide bonds. The fraction of sp³-hybridized carbons (Fsp3) is 0.846. The maximum Gasteiger partial charge on any atom is 0.138 e. The van der Waals surface area contributed by atoms with E-state index in [9.17, 15) is 5.11 Å². The fourth-order valence-electron chi connectivity index (χ4n) is 3.07. The molecule has 17 heavy (non-hydrogen) atoms. The third kappa shape index (κ3) is 2.51. The van der Waals surface area contributed by atoms with E-state index < -0.39 is 5.60 Å². The number of hydrogen-bond donors (Lipinski definition) is 1. The second kappa shape index (κ2) is 5.17. The van der Waals surface area contributed by atoms with E-state index in [0.717, 1.165) is 38.1 Å². The molecule has 4 heteroatoms. The van der Waals surface area contributed by atoms with Gasteiger partial charge in [-0.2, -0.15) is 5.10 Å². The van der Waals surface area contributed by atoms with E-state index in [1.807, 2.05) is 4.68 Å². The summed E-state index contributed by atoms with van der Waals surface area (Å²) in [6.07, 6.45) is 7.73. The predicted octanol–water partition coefficient (Wildman–Crippen LogP) is 2.17. The van der Waals surface area contributed by atoms with Crippen molar-refractivity contribution in [1.82, 2.24) is 14.8 Å². The van der Waals surface area contributed by atoms with Gasteiger partial charge in [-0.15, -0.1) is 0 Å². The summed E-state index contributed by atoms with van der Waals surface area (Å²) < 4.78 is 1.89. The molecule has 1 aromatic heterocycles. The first kappa shape index (κ1) is 12.6. The minimum absolute atomic E-state index is 0.415. The Bertz CT molecular complexity index is 363. The highest BCUT2D eigenvalue weighted by molar-refractivity contribution is 4.99. The van der Waals surface area contributed by atoms with Crippen LogP contribution in [0.15, 0.2) is 6.33 Å². The fourth-order valence-corrected chi connectivity index (χ4v) is 3.07. The van der Waals surface area contributed by atoms with E-state index in [0.29, 0.717) is 12.3 Å². The van der Waals surface area contributed by atoms with Crippen LogP contribution in [-0.4, -0.2) is 25.5 Å². The van der Waals surface area contributed by atoms with Crippen molar-refractivity contribution in [3.63, 3.8) is 0 Å². The van der Waals surface area contributed by atoms with Gasteiger partial charge in [0.25, 0.3) is 0 Å². The predicted molar refractivity (Wildman–Crippen MR) is 66.6 cm³/mol. The molecule has 0 aromatic carbocycles. The molecule has 0 bridgehead atoms. The first-order valence-corrected chi connectivity index (χ1v) is 6.78. The molecule has 96 valence electrons. The topological polar surface area (TPSA) is 50.9 Å². The Hall–Kier alpha value is -0.900. The van der Waals surface area contributed by atoms with Gasteiger partial charge in [0, 0.05) is 13.0 Å². The normalized spacial score (nSPS) is 29.5. The van der Waals surface area contributed by atoms with Crippen LogP contribution in [0.25, 0.3) is 0 Å². The Kier molecular flexibility index (Phi) is 3.82. The minimum atomic E-state index is -0.563. The van der Waals surface area contributed by atoms with E-state index in [4.69, 9.17) is 0 Å². The lowest BCUT2D eigenvalue weighted by atomic mass is 9.72. The van der Waals surface area contributed by atoms with Gasteiger partial charge < -0.3 is 5.11 Å². The average molecular weight is 237 g/mol. The first-order valence-electron chi connectivity index (χ1n) is 6.78. The molecule has 2 unspecified atom stereocenters. The molecule has 0 saturated heterocycles. The molecule has 1 aliphatic rings. The van der Waals surface area contributed by atoms with E-state index in [1.54, 1.807) is 6.33 Å². The summed E-state index contributed by atoms with van der Waals surface area (Å²) in [4.78, 5) is 4.29. The Morgan fingerprint density at radius 1 is 1.47 bits per heavy atom. The number of rotatable bonds is 4. The van der Waals surface area contributed by atoms with Gasteiger partial charge in [-0.3, -0.25) is 4.68 Å². The Balaban J connectivity index is 2.14. The van der Waals surface area contributed by atoms with Crippen LogP contribution < -0.4 is 0 Å². The molecule has 1 N–H and O–H groups in total. The van der Waals surface area contributed by atoms with Gasteiger partial charge in [0.1, 0.15) is 12.2 Å². The van der Waals surface area contributed by atoms with Crippen LogP contribution in [0.5, 0.6) is 0 Å². The highest BCUT2D eigenvalue weighted by atomic mass is 16.3. The smallest absolute Gasteiger partial charge is 0.138 e. The molecule has 4 nitrogen and oxygen atoms in total. The highest BCUT2D eigenvalue weighted by Crippen LogP contribution is 2.37. The lowest BCUT2D eigenvalue weighted by molar-refractivity contribution is -0.0512. The Labute approximate surface area is 103 Å².